The van der Waals surface area contributed by atoms with Crippen LogP contribution in [0, 0.1) is 0 Å². The van der Waals surface area contributed by atoms with E-state index in [4.69, 9.17) is 24.4 Å². The number of fused-ring (bicyclic) bond motifs is 2. The number of H-pyrrole nitrogens is 2. The summed E-state index contributed by atoms with van der Waals surface area (Å²) in [6, 6.07) is 8.49. The topological polar surface area (TPSA) is 95.2 Å². The molecule has 5 heterocycles. The van der Waals surface area contributed by atoms with Crippen molar-refractivity contribution in [2.24, 2.45) is 0 Å². The number of hydrogen-bond acceptors (Lipinski definition) is 7. The van der Waals surface area contributed by atoms with Gasteiger partial charge in [-0.15, -0.1) is 0 Å². The Balaban J connectivity index is 1.52. The maximum Gasteiger partial charge on any atom is 0.229 e. The van der Waals surface area contributed by atoms with E-state index in [1.807, 2.05) is 12.3 Å². The van der Waals surface area contributed by atoms with Gasteiger partial charge in [0.05, 0.1) is 32.5 Å². The summed E-state index contributed by atoms with van der Waals surface area (Å²) < 4.78 is 11.2. The van der Waals surface area contributed by atoms with Crippen LogP contribution in [0.4, 0.5) is 11.8 Å². The number of rotatable bonds is 3. The first-order chi connectivity index (χ1) is 15.3. The Morgan fingerprint density at radius 3 is 2.74 bits per heavy atom. The predicted molar refractivity (Wildman–Crippen MR) is 120 cm³/mol. The Bertz CT molecular complexity index is 1230. The van der Waals surface area contributed by atoms with Gasteiger partial charge in [0.15, 0.2) is 17.0 Å². The Morgan fingerprint density at radius 2 is 1.87 bits per heavy atom. The molecule has 0 radical (unpaired) electrons. The summed E-state index contributed by atoms with van der Waals surface area (Å²) in [6.45, 7) is 7.26. The van der Waals surface area contributed by atoms with Gasteiger partial charge in [0, 0.05) is 42.3 Å². The monoisotopic (exact) mass is 419 g/mol. The molecule has 2 saturated heterocycles. The molecular weight excluding hydrogens is 394 g/mol. The summed E-state index contributed by atoms with van der Waals surface area (Å²) in [7, 11) is 0. The van der Waals surface area contributed by atoms with E-state index >= 15 is 0 Å². The summed E-state index contributed by atoms with van der Waals surface area (Å²) >= 11 is 0. The van der Waals surface area contributed by atoms with Gasteiger partial charge in [0.25, 0.3) is 0 Å². The quantitative estimate of drug-likeness (QED) is 0.527. The zero-order chi connectivity index (χ0) is 20.8. The van der Waals surface area contributed by atoms with Gasteiger partial charge in [0.2, 0.25) is 5.95 Å². The van der Waals surface area contributed by atoms with E-state index in [9.17, 15) is 0 Å². The molecule has 0 amide bonds. The summed E-state index contributed by atoms with van der Waals surface area (Å²) in [5.41, 5.74) is 3.69. The number of aromatic amines is 2. The molecular formula is C22H25N7O2. The third-order valence-electron chi connectivity index (χ3n) is 6.10. The lowest BCUT2D eigenvalue weighted by Crippen LogP contribution is -2.44. The molecule has 6 rings (SSSR count). The van der Waals surface area contributed by atoms with E-state index < -0.39 is 0 Å². The van der Waals surface area contributed by atoms with Crippen molar-refractivity contribution in [3.63, 3.8) is 0 Å². The SMILES string of the molecule is CC1COCCN1c1nc(N2CCOCC2)nc2[nH]c(-c3cccc4[nH]ccc34)nc12. The molecule has 1 aromatic carbocycles. The lowest BCUT2D eigenvalue weighted by atomic mass is 10.1. The molecule has 1 unspecified atom stereocenters. The highest BCUT2D eigenvalue weighted by molar-refractivity contribution is 5.96. The second-order valence-corrected chi connectivity index (χ2v) is 8.09. The number of nitrogens with zero attached hydrogens (tertiary/aromatic N) is 5. The van der Waals surface area contributed by atoms with Crippen molar-refractivity contribution >= 4 is 33.8 Å². The second-order valence-electron chi connectivity index (χ2n) is 8.09. The van der Waals surface area contributed by atoms with Gasteiger partial charge in [-0.1, -0.05) is 12.1 Å². The van der Waals surface area contributed by atoms with Crippen molar-refractivity contribution in [1.82, 2.24) is 24.9 Å². The van der Waals surface area contributed by atoms with E-state index in [0.717, 1.165) is 64.9 Å². The van der Waals surface area contributed by atoms with Crippen molar-refractivity contribution < 1.29 is 9.47 Å². The van der Waals surface area contributed by atoms with Crippen molar-refractivity contribution in [3.8, 4) is 11.4 Å². The summed E-state index contributed by atoms with van der Waals surface area (Å²) in [5, 5.41) is 1.13. The van der Waals surface area contributed by atoms with Crippen molar-refractivity contribution in [2.75, 3.05) is 55.9 Å². The van der Waals surface area contributed by atoms with Crippen LogP contribution in [-0.2, 0) is 9.47 Å². The predicted octanol–water partition coefficient (Wildman–Crippen LogP) is 2.56. The third-order valence-corrected chi connectivity index (χ3v) is 6.10. The molecule has 31 heavy (non-hydrogen) atoms. The molecule has 0 aliphatic carbocycles. The van der Waals surface area contributed by atoms with Crippen LogP contribution in [0.15, 0.2) is 30.5 Å². The molecule has 2 N–H and O–H groups in total. The maximum atomic E-state index is 5.66. The number of hydrogen-bond donors (Lipinski definition) is 2. The molecule has 0 saturated carbocycles. The Hall–Kier alpha value is -3.17. The average molecular weight is 419 g/mol. The van der Waals surface area contributed by atoms with Gasteiger partial charge in [-0.25, -0.2) is 4.98 Å². The summed E-state index contributed by atoms with van der Waals surface area (Å²) in [6.07, 6.45) is 1.95. The van der Waals surface area contributed by atoms with Crippen LogP contribution in [-0.4, -0.2) is 77.0 Å². The fraction of sp³-hybridized carbons (Fsp3) is 0.409. The molecule has 2 aliphatic rings. The Labute approximate surface area is 179 Å². The number of morpholine rings is 2. The minimum Gasteiger partial charge on any atom is -0.378 e. The smallest absolute Gasteiger partial charge is 0.229 e. The van der Waals surface area contributed by atoms with Crippen LogP contribution in [0.5, 0.6) is 0 Å². The van der Waals surface area contributed by atoms with E-state index in [0.29, 0.717) is 26.4 Å². The number of anilines is 2. The van der Waals surface area contributed by atoms with Crippen LogP contribution >= 0.6 is 0 Å². The van der Waals surface area contributed by atoms with Gasteiger partial charge in [-0.2, -0.15) is 9.97 Å². The van der Waals surface area contributed by atoms with Gasteiger partial charge >= 0.3 is 0 Å². The molecule has 0 bridgehead atoms. The normalized spacial score (nSPS) is 20.1. The molecule has 4 aromatic rings. The summed E-state index contributed by atoms with van der Waals surface area (Å²) in [4.78, 5) is 26.1. The number of ether oxygens (including phenoxy) is 2. The number of imidazole rings is 1. The number of benzene rings is 1. The molecule has 2 aliphatic heterocycles. The first-order valence-corrected chi connectivity index (χ1v) is 10.8. The first kappa shape index (κ1) is 18.6. The highest BCUT2D eigenvalue weighted by Gasteiger charge is 2.27. The second kappa shape index (κ2) is 7.51. The van der Waals surface area contributed by atoms with Crippen LogP contribution in [0.1, 0.15) is 6.92 Å². The van der Waals surface area contributed by atoms with E-state index in [2.05, 4.69) is 44.9 Å². The van der Waals surface area contributed by atoms with Crippen molar-refractivity contribution in [3.05, 3.63) is 30.5 Å². The molecule has 0 spiro atoms. The Morgan fingerprint density at radius 1 is 1.00 bits per heavy atom. The molecule has 3 aromatic heterocycles. The molecule has 9 heteroatoms. The van der Waals surface area contributed by atoms with Gasteiger partial charge in [0.1, 0.15) is 5.82 Å². The van der Waals surface area contributed by atoms with Gasteiger partial charge < -0.3 is 29.2 Å². The fourth-order valence-electron chi connectivity index (χ4n) is 4.44. The first-order valence-electron chi connectivity index (χ1n) is 10.8. The lowest BCUT2D eigenvalue weighted by molar-refractivity contribution is 0.0986. The van der Waals surface area contributed by atoms with Crippen LogP contribution < -0.4 is 9.80 Å². The van der Waals surface area contributed by atoms with Crippen LogP contribution in [0.25, 0.3) is 33.5 Å². The minimum atomic E-state index is 0.220. The van der Waals surface area contributed by atoms with Gasteiger partial charge in [-0.3, -0.25) is 0 Å². The summed E-state index contributed by atoms with van der Waals surface area (Å²) in [5.74, 6) is 2.39. The zero-order valence-electron chi connectivity index (χ0n) is 17.5. The standard InChI is InChI=1S/C22H25N7O2/c1-14-13-31-12-9-29(14)21-18-20(26-22(27-21)28-7-10-30-11-8-28)25-19(24-18)16-3-2-4-17-15(16)5-6-23-17/h2-6,14,23H,7-13H2,1H3,(H,24,25,26,27). The van der Waals surface area contributed by atoms with Crippen molar-refractivity contribution in [1.29, 1.82) is 0 Å². The number of aromatic nitrogens is 5. The third kappa shape index (κ3) is 3.21. The Kier molecular flexibility index (Phi) is 4.50. The highest BCUT2D eigenvalue weighted by atomic mass is 16.5. The lowest BCUT2D eigenvalue weighted by Gasteiger charge is -2.35. The molecule has 2 fully saturated rings. The van der Waals surface area contributed by atoms with Crippen molar-refractivity contribution in [2.45, 2.75) is 13.0 Å². The van der Waals surface area contributed by atoms with Gasteiger partial charge in [-0.05, 0) is 19.1 Å². The van der Waals surface area contributed by atoms with E-state index in [-0.39, 0.29) is 6.04 Å². The molecule has 160 valence electrons. The van der Waals surface area contributed by atoms with E-state index in [1.54, 1.807) is 0 Å². The minimum absolute atomic E-state index is 0.220. The fourth-order valence-corrected chi connectivity index (χ4v) is 4.44. The number of nitrogens with one attached hydrogen (secondary N) is 2. The molecule has 9 nitrogen and oxygen atoms in total. The maximum absolute atomic E-state index is 5.66. The van der Waals surface area contributed by atoms with Crippen LogP contribution in [0.3, 0.4) is 0 Å². The zero-order valence-corrected chi connectivity index (χ0v) is 17.5. The largest absolute Gasteiger partial charge is 0.378 e. The van der Waals surface area contributed by atoms with Crippen LogP contribution in [0.2, 0.25) is 0 Å². The highest BCUT2D eigenvalue weighted by Crippen LogP contribution is 2.32. The molecule has 1 atom stereocenters. The average Bonchev–Trinajstić information content (AvgIpc) is 3.46. The van der Waals surface area contributed by atoms with E-state index in [1.165, 1.54) is 0 Å².